The van der Waals surface area contributed by atoms with E-state index in [1.54, 1.807) is 32.0 Å². The van der Waals surface area contributed by atoms with Gasteiger partial charge in [-0.2, -0.15) is 5.10 Å². The lowest BCUT2D eigenvalue weighted by Crippen LogP contribution is -2.38. The molecule has 0 saturated heterocycles. The van der Waals surface area contributed by atoms with Crippen LogP contribution in [0.1, 0.15) is 30.8 Å². The minimum atomic E-state index is -0.858. The number of ketones is 1. The summed E-state index contributed by atoms with van der Waals surface area (Å²) in [4.78, 5) is 14.8. The topological polar surface area (TPSA) is 56.6 Å². The van der Waals surface area contributed by atoms with Gasteiger partial charge >= 0.3 is 0 Å². The second-order valence-electron chi connectivity index (χ2n) is 5.21. The van der Waals surface area contributed by atoms with Crippen molar-refractivity contribution in [3.8, 4) is 5.75 Å². The lowest BCUT2D eigenvalue weighted by atomic mass is 9.94. The van der Waals surface area contributed by atoms with Gasteiger partial charge < -0.3 is 14.4 Å². The van der Waals surface area contributed by atoms with Crippen molar-refractivity contribution >= 4 is 5.78 Å². The second kappa shape index (κ2) is 6.85. The molecule has 1 unspecified atom stereocenters. The fourth-order valence-corrected chi connectivity index (χ4v) is 1.86. The van der Waals surface area contributed by atoms with Crippen LogP contribution in [0.15, 0.2) is 6.20 Å². The van der Waals surface area contributed by atoms with Gasteiger partial charge in [-0.05, 0) is 27.4 Å². The quantitative estimate of drug-likeness (QED) is 0.676. The molecule has 1 atom stereocenters. The predicted octanol–water partition coefficient (Wildman–Crippen LogP) is 1.45. The maximum Gasteiger partial charge on any atom is 0.216 e. The first kappa shape index (κ1) is 16.7. The van der Waals surface area contributed by atoms with Crippen LogP contribution < -0.4 is 4.74 Å². The summed E-state index contributed by atoms with van der Waals surface area (Å²) < 4.78 is 12.3. The minimum absolute atomic E-state index is 0.101. The summed E-state index contributed by atoms with van der Waals surface area (Å²) in [6, 6.07) is 0. The van der Waals surface area contributed by atoms with Gasteiger partial charge in [-0.1, -0.05) is 6.92 Å². The Hall–Kier alpha value is -1.40. The fourth-order valence-electron chi connectivity index (χ4n) is 1.86. The molecule has 0 aliphatic carbocycles. The summed E-state index contributed by atoms with van der Waals surface area (Å²) in [5.41, 5.74) is -0.385. The van der Waals surface area contributed by atoms with Crippen molar-refractivity contribution in [1.29, 1.82) is 0 Å². The Balaban J connectivity index is 3.13. The van der Waals surface area contributed by atoms with Gasteiger partial charge in [0.1, 0.15) is 11.3 Å². The van der Waals surface area contributed by atoms with Crippen LogP contribution in [0.5, 0.6) is 5.75 Å². The van der Waals surface area contributed by atoms with E-state index in [2.05, 4.69) is 5.10 Å². The molecule has 1 aromatic rings. The summed E-state index contributed by atoms with van der Waals surface area (Å²) in [5.74, 6) is 0.390. The first-order valence-corrected chi connectivity index (χ1v) is 6.74. The van der Waals surface area contributed by atoms with Crippen molar-refractivity contribution < 1.29 is 14.3 Å². The molecule has 0 amide bonds. The molecule has 0 radical (unpaired) electrons. The van der Waals surface area contributed by atoms with E-state index in [0.29, 0.717) is 24.4 Å². The molecule has 0 aromatic carbocycles. The van der Waals surface area contributed by atoms with Crippen LogP contribution in [0.4, 0.5) is 0 Å². The highest BCUT2D eigenvalue weighted by Crippen LogP contribution is 2.26. The van der Waals surface area contributed by atoms with E-state index in [9.17, 15) is 4.79 Å². The van der Waals surface area contributed by atoms with E-state index in [1.165, 1.54) is 0 Å². The number of hydrogen-bond donors (Lipinski definition) is 0. The van der Waals surface area contributed by atoms with Crippen LogP contribution in [0.3, 0.4) is 0 Å². The first-order valence-electron chi connectivity index (χ1n) is 6.74. The lowest BCUT2D eigenvalue weighted by molar-refractivity contribution is 0.00943. The monoisotopic (exact) mass is 283 g/mol. The van der Waals surface area contributed by atoms with Crippen molar-refractivity contribution in [3.63, 3.8) is 0 Å². The van der Waals surface area contributed by atoms with Crippen molar-refractivity contribution in [2.24, 2.45) is 0 Å². The maximum absolute atomic E-state index is 12.8. The van der Waals surface area contributed by atoms with E-state index >= 15 is 0 Å². The zero-order valence-electron chi connectivity index (χ0n) is 13.3. The number of hydrogen-bond acceptors (Lipinski definition) is 5. The molecule has 6 heteroatoms. The van der Waals surface area contributed by atoms with E-state index < -0.39 is 5.60 Å². The van der Waals surface area contributed by atoms with E-state index in [0.717, 1.165) is 6.54 Å². The molecule has 114 valence electrons. The smallest absolute Gasteiger partial charge is 0.216 e. The average Bonchev–Trinajstić information content (AvgIpc) is 2.86. The molecule has 1 heterocycles. The van der Waals surface area contributed by atoms with Crippen molar-refractivity contribution in [3.05, 3.63) is 11.9 Å². The standard InChI is InChI=1S/C14H25N3O3/c1-7-14(2,20-6)13(18)12-11(19-5)10-15-17(12)9-8-16(3)4/h10H,7-9H2,1-6H3. The maximum atomic E-state index is 12.8. The van der Waals surface area contributed by atoms with Crippen molar-refractivity contribution in [2.45, 2.75) is 32.4 Å². The van der Waals surface area contributed by atoms with Gasteiger partial charge in [0, 0.05) is 13.7 Å². The molecule has 0 N–H and O–H groups in total. The molecular weight excluding hydrogens is 258 g/mol. The number of Topliss-reactive ketones (excluding diaryl/α,β-unsaturated/α-hetero) is 1. The van der Waals surface area contributed by atoms with Gasteiger partial charge in [-0.3, -0.25) is 9.48 Å². The highest BCUT2D eigenvalue weighted by atomic mass is 16.5. The number of nitrogens with zero attached hydrogens (tertiary/aromatic N) is 3. The zero-order valence-corrected chi connectivity index (χ0v) is 13.3. The van der Waals surface area contributed by atoms with Crippen LogP contribution in [-0.4, -0.2) is 60.9 Å². The van der Waals surface area contributed by atoms with Crippen LogP contribution in [0, 0.1) is 0 Å². The molecule has 0 spiro atoms. The normalized spacial score (nSPS) is 14.3. The number of aromatic nitrogens is 2. The molecular formula is C14H25N3O3. The largest absolute Gasteiger partial charge is 0.493 e. The van der Waals surface area contributed by atoms with Gasteiger partial charge in [-0.25, -0.2) is 0 Å². The number of rotatable bonds is 8. The van der Waals surface area contributed by atoms with Crippen LogP contribution in [-0.2, 0) is 11.3 Å². The van der Waals surface area contributed by atoms with Gasteiger partial charge in [0.15, 0.2) is 5.75 Å². The molecule has 0 saturated carbocycles. The molecule has 0 fully saturated rings. The average molecular weight is 283 g/mol. The van der Waals surface area contributed by atoms with E-state index in [1.807, 2.05) is 25.9 Å². The zero-order chi connectivity index (χ0) is 15.3. The minimum Gasteiger partial charge on any atom is -0.493 e. The van der Waals surface area contributed by atoms with Crippen LogP contribution >= 0.6 is 0 Å². The highest BCUT2D eigenvalue weighted by Gasteiger charge is 2.36. The summed E-state index contributed by atoms with van der Waals surface area (Å²) in [6.07, 6.45) is 2.17. The second-order valence-corrected chi connectivity index (χ2v) is 5.21. The Labute approximate surface area is 120 Å². The van der Waals surface area contributed by atoms with Crippen molar-refractivity contribution in [1.82, 2.24) is 14.7 Å². The van der Waals surface area contributed by atoms with E-state index in [-0.39, 0.29) is 5.78 Å². The Kier molecular flexibility index (Phi) is 5.71. The number of likely N-dealkylation sites (N-methyl/N-ethyl adjacent to an activating group) is 1. The Morgan fingerprint density at radius 1 is 1.45 bits per heavy atom. The molecule has 6 nitrogen and oxygen atoms in total. The summed E-state index contributed by atoms with van der Waals surface area (Å²) >= 11 is 0. The predicted molar refractivity (Wildman–Crippen MR) is 77.4 cm³/mol. The SMILES string of the molecule is CCC(C)(OC)C(=O)c1c(OC)cnn1CCN(C)C. The molecule has 20 heavy (non-hydrogen) atoms. The lowest BCUT2D eigenvalue weighted by Gasteiger charge is -2.25. The molecule has 0 aliphatic heterocycles. The fraction of sp³-hybridized carbons (Fsp3) is 0.714. The molecule has 1 rings (SSSR count). The summed E-state index contributed by atoms with van der Waals surface area (Å²) in [6.45, 7) is 5.13. The van der Waals surface area contributed by atoms with E-state index in [4.69, 9.17) is 9.47 Å². The van der Waals surface area contributed by atoms with Gasteiger partial charge in [0.05, 0.1) is 19.9 Å². The third-order valence-corrected chi connectivity index (χ3v) is 3.61. The van der Waals surface area contributed by atoms with Crippen LogP contribution in [0.25, 0.3) is 0 Å². The summed E-state index contributed by atoms with van der Waals surface area (Å²) in [5, 5.41) is 4.25. The molecule has 0 aliphatic rings. The number of carbonyl (C=O) groups is 1. The molecule has 0 bridgehead atoms. The first-order chi connectivity index (χ1) is 9.39. The third-order valence-electron chi connectivity index (χ3n) is 3.61. The summed E-state index contributed by atoms with van der Waals surface area (Å²) in [7, 11) is 7.05. The number of ether oxygens (including phenoxy) is 2. The van der Waals surface area contributed by atoms with Gasteiger partial charge in [-0.15, -0.1) is 0 Å². The Bertz CT molecular complexity index is 451. The molecule has 1 aromatic heterocycles. The van der Waals surface area contributed by atoms with Gasteiger partial charge in [0.25, 0.3) is 0 Å². The van der Waals surface area contributed by atoms with Crippen LogP contribution in [0.2, 0.25) is 0 Å². The Morgan fingerprint density at radius 2 is 2.10 bits per heavy atom. The van der Waals surface area contributed by atoms with Gasteiger partial charge in [0.2, 0.25) is 5.78 Å². The number of methoxy groups -OCH3 is 2. The highest BCUT2D eigenvalue weighted by molar-refractivity contribution is 6.03. The number of carbonyl (C=O) groups excluding carboxylic acids is 1. The van der Waals surface area contributed by atoms with Crippen molar-refractivity contribution in [2.75, 3.05) is 34.9 Å². The Morgan fingerprint density at radius 3 is 2.55 bits per heavy atom. The third kappa shape index (κ3) is 3.37.